The zero-order valence-electron chi connectivity index (χ0n) is 11.1. The molecule has 0 N–H and O–H groups in total. The summed E-state index contributed by atoms with van der Waals surface area (Å²) in [6, 6.07) is -0.470. The summed E-state index contributed by atoms with van der Waals surface area (Å²) < 4.78 is 5.16. The van der Waals surface area contributed by atoms with Crippen LogP contribution in [-0.2, 0) is 14.3 Å². The van der Waals surface area contributed by atoms with Crippen LogP contribution in [0.15, 0.2) is 0 Å². The van der Waals surface area contributed by atoms with Gasteiger partial charge < -0.3 is 14.5 Å². The largest absolute Gasteiger partial charge is 0.464 e. The molecule has 18 heavy (non-hydrogen) atoms. The fraction of sp³-hybridized carbons (Fsp3) is 0.833. The Balaban J connectivity index is 2.67. The lowest BCUT2D eigenvalue weighted by Gasteiger charge is -2.38. The van der Waals surface area contributed by atoms with Crippen molar-refractivity contribution in [1.82, 2.24) is 9.80 Å². The molecule has 1 amide bonds. The van der Waals surface area contributed by atoms with Crippen LogP contribution >= 0.6 is 12.6 Å². The highest BCUT2D eigenvalue weighted by Crippen LogP contribution is 2.12. The Bertz CT molecular complexity index is 299. The molecule has 0 aliphatic carbocycles. The summed E-state index contributed by atoms with van der Waals surface area (Å²) >= 11 is 4.06. The van der Waals surface area contributed by atoms with Crippen molar-refractivity contribution in [1.29, 1.82) is 0 Å². The minimum absolute atomic E-state index is 0.0171. The molecule has 0 aromatic rings. The number of hydrogen-bond donors (Lipinski definition) is 1. The summed E-state index contributed by atoms with van der Waals surface area (Å²) in [5.41, 5.74) is 0. The Morgan fingerprint density at radius 2 is 2.11 bits per heavy atom. The van der Waals surface area contributed by atoms with Gasteiger partial charge in [0.25, 0.3) is 0 Å². The summed E-state index contributed by atoms with van der Waals surface area (Å²) in [4.78, 5) is 27.6. The zero-order valence-corrected chi connectivity index (χ0v) is 12.0. The van der Waals surface area contributed by atoms with Crippen LogP contribution in [0.3, 0.4) is 0 Å². The molecule has 0 spiro atoms. The molecule has 104 valence electrons. The first kappa shape index (κ1) is 15.3. The number of amides is 1. The lowest BCUT2D eigenvalue weighted by atomic mass is 10.1. The number of esters is 1. The Morgan fingerprint density at radius 3 is 2.72 bits per heavy atom. The molecule has 1 fully saturated rings. The van der Waals surface area contributed by atoms with E-state index in [4.69, 9.17) is 4.74 Å². The number of thiol groups is 1. The third-order valence-electron chi connectivity index (χ3n) is 2.95. The quantitative estimate of drug-likeness (QED) is 0.582. The summed E-state index contributed by atoms with van der Waals surface area (Å²) in [5, 5.41) is 0. The maximum Gasteiger partial charge on any atom is 0.330 e. The van der Waals surface area contributed by atoms with E-state index in [-0.39, 0.29) is 11.9 Å². The average Bonchev–Trinajstić information content (AvgIpc) is 2.36. The monoisotopic (exact) mass is 274 g/mol. The molecule has 0 aromatic carbocycles. The first-order valence-corrected chi connectivity index (χ1v) is 6.99. The molecule has 0 aromatic heterocycles. The Labute approximate surface area is 114 Å². The minimum atomic E-state index is -0.470. The van der Waals surface area contributed by atoms with Crippen LogP contribution in [0.4, 0.5) is 0 Å². The maximum atomic E-state index is 12.0. The standard InChI is InChI=1S/C12H22N2O3S/c1-3-7-17-12(16)10-9-13(2)5-6-14(10)11(15)4-8-18/h10,18H,3-9H2,1-2H3. The van der Waals surface area contributed by atoms with Crippen LogP contribution in [0, 0.1) is 0 Å². The molecule has 0 radical (unpaired) electrons. The second-order valence-corrected chi connectivity index (χ2v) is 4.95. The molecule has 1 saturated heterocycles. The fourth-order valence-corrected chi connectivity index (χ4v) is 2.15. The third-order valence-corrected chi connectivity index (χ3v) is 3.17. The zero-order chi connectivity index (χ0) is 13.5. The van der Waals surface area contributed by atoms with Gasteiger partial charge in [0.15, 0.2) is 0 Å². The van der Waals surface area contributed by atoms with Gasteiger partial charge in [-0.25, -0.2) is 4.79 Å². The average molecular weight is 274 g/mol. The highest BCUT2D eigenvalue weighted by Gasteiger charge is 2.34. The summed E-state index contributed by atoms with van der Waals surface area (Å²) in [5.74, 6) is 0.189. The second kappa shape index (κ2) is 7.63. The number of carbonyl (C=O) groups excluding carboxylic acids is 2. The van der Waals surface area contributed by atoms with Crippen molar-refractivity contribution in [2.24, 2.45) is 0 Å². The van der Waals surface area contributed by atoms with Crippen molar-refractivity contribution >= 4 is 24.5 Å². The SMILES string of the molecule is CCCOC(=O)C1CN(C)CCN1C(=O)CCS. The molecule has 1 aliphatic rings. The first-order chi connectivity index (χ1) is 8.60. The van der Waals surface area contributed by atoms with E-state index in [9.17, 15) is 9.59 Å². The normalized spacial score (nSPS) is 20.8. The van der Waals surface area contributed by atoms with Crippen molar-refractivity contribution in [2.45, 2.75) is 25.8 Å². The smallest absolute Gasteiger partial charge is 0.330 e. The van der Waals surface area contributed by atoms with E-state index < -0.39 is 6.04 Å². The van der Waals surface area contributed by atoms with Crippen LogP contribution in [0.25, 0.3) is 0 Å². The molecule has 0 bridgehead atoms. The molecule has 5 nitrogen and oxygen atoms in total. The number of nitrogens with zero attached hydrogens (tertiary/aromatic N) is 2. The number of hydrogen-bond acceptors (Lipinski definition) is 5. The summed E-state index contributed by atoms with van der Waals surface area (Å²) in [6.07, 6.45) is 1.16. The predicted octanol–water partition coefficient (Wildman–Crippen LogP) is 0.402. The van der Waals surface area contributed by atoms with E-state index in [1.807, 2.05) is 18.9 Å². The fourth-order valence-electron chi connectivity index (χ4n) is 1.96. The van der Waals surface area contributed by atoms with E-state index in [0.717, 1.165) is 13.0 Å². The Morgan fingerprint density at radius 1 is 1.39 bits per heavy atom. The van der Waals surface area contributed by atoms with Crippen molar-refractivity contribution in [3.05, 3.63) is 0 Å². The van der Waals surface area contributed by atoms with Gasteiger partial charge in [-0.15, -0.1) is 0 Å². The van der Waals surface area contributed by atoms with Crippen LogP contribution in [-0.4, -0.2) is 66.8 Å². The summed E-state index contributed by atoms with van der Waals surface area (Å²) in [7, 11) is 1.94. The molecular formula is C12H22N2O3S. The van der Waals surface area contributed by atoms with Crippen molar-refractivity contribution in [3.8, 4) is 0 Å². The number of likely N-dealkylation sites (N-methyl/N-ethyl adjacent to an activating group) is 1. The Kier molecular flexibility index (Phi) is 6.49. The molecule has 1 rings (SSSR count). The summed E-state index contributed by atoms with van der Waals surface area (Å²) in [6.45, 7) is 4.27. The molecule has 1 aliphatic heterocycles. The molecule has 0 saturated carbocycles. The minimum Gasteiger partial charge on any atom is -0.464 e. The van der Waals surface area contributed by atoms with E-state index in [0.29, 0.717) is 31.9 Å². The maximum absolute atomic E-state index is 12.0. The van der Waals surface area contributed by atoms with E-state index in [1.165, 1.54) is 0 Å². The van der Waals surface area contributed by atoms with Crippen molar-refractivity contribution < 1.29 is 14.3 Å². The van der Waals surface area contributed by atoms with E-state index >= 15 is 0 Å². The lowest BCUT2D eigenvalue weighted by molar-refractivity contribution is -0.158. The highest BCUT2D eigenvalue weighted by atomic mass is 32.1. The molecule has 1 atom stereocenters. The van der Waals surface area contributed by atoms with Gasteiger partial charge in [0.05, 0.1) is 6.61 Å². The molecule has 6 heteroatoms. The number of piperazine rings is 1. The highest BCUT2D eigenvalue weighted by molar-refractivity contribution is 7.80. The van der Waals surface area contributed by atoms with Gasteiger partial charge in [0, 0.05) is 26.1 Å². The predicted molar refractivity (Wildman–Crippen MR) is 72.7 cm³/mol. The van der Waals surface area contributed by atoms with Crippen molar-refractivity contribution in [2.75, 3.05) is 39.0 Å². The van der Waals surface area contributed by atoms with Gasteiger partial charge in [0.2, 0.25) is 5.91 Å². The van der Waals surface area contributed by atoms with Crippen LogP contribution in [0.1, 0.15) is 19.8 Å². The van der Waals surface area contributed by atoms with Crippen molar-refractivity contribution in [3.63, 3.8) is 0 Å². The van der Waals surface area contributed by atoms with Gasteiger partial charge in [0.1, 0.15) is 6.04 Å². The van der Waals surface area contributed by atoms with E-state index in [1.54, 1.807) is 4.90 Å². The lowest BCUT2D eigenvalue weighted by Crippen LogP contribution is -2.57. The van der Waals surface area contributed by atoms with Gasteiger partial charge in [-0.2, -0.15) is 12.6 Å². The number of ether oxygens (including phenoxy) is 1. The van der Waals surface area contributed by atoms with Gasteiger partial charge in [-0.1, -0.05) is 6.92 Å². The van der Waals surface area contributed by atoms with E-state index in [2.05, 4.69) is 12.6 Å². The molecular weight excluding hydrogens is 252 g/mol. The van der Waals surface area contributed by atoms with Gasteiger partial charge in [-0.05, 0) is 19.2 Å². The molecule has 1 unspecified atom stereocenters. The van der Waals surface area contributed by atoms with Gasteiger partial charge >= 0.3 is 5.97 Å². The number of carbonyl (C=O) groups is 2. The van der Waals surface area contributed by atoms with Crippen LogP contribution < -0.4 is 0 Å². The van der Waals surface area contributed by atoms with Crippen LogP contribution in [0.2, 0.25) is 0 Å². The van der Waals surface area contributed by atoms with Gasteiger partial charge in [-0.3, -0.25) is 4.79 Å². The second-order valence-electron chi connectivity index (χ2n) is 4.51. The molecule has 1 heterocycles. The topological polar surface area (TPSA) is 49.9 Å². The number of rotatable bonds is 5. The van der Waals surface area contributed by atoms with Crippen LogP contribution in [0.5, 0.6) is 0 Å². The third kappa shape index (κ3) is 4.17. The first-order valence-electron chi connectivity index (χ1n) is 6.35. The Hall–Kier alpha value is -0.750.